The number of nitrogens with one attached hydrogen (secondary N) is 2. The van der Waals surface area contributed by atoms with Crippen molar-refractivity contribution in [1.29, 1.82) is 0 Å². The molecule has 0 spiro atoms. The zero-order valence-electron chi connectivity index (χ0n) is 10.3. The smallest absolute Gasteiger partial charge is 0.328 e. The molecule has 1 rings (SSSR count). The van der Waals surface area contributed by atoms with Crippen molar-refractivity contribution in [2.24, 2.45) is 5.92 Å². The molecule has 18 heavy (non-hydrogen) atoms. The molecule has 1 aliphatic carbocycles. The van der Waals surface area contributed by atoms with Crippen molar-refractivity contribution in [3.8, 4) is 0 Å². The lowest BCUT2D eigenvalue weighted by molar-refractivity contribution is -0.131. The standard InChI is InChI=1S/C12H18N2O4/c1-8-3-2-4-9(7-8)13-12(18)14-10(15)5-6-11(16)17/h5-6,8-9H,2-4,7H2,1H3,(H,16,17)(H2,13,14,15,18)/b6-5+. The van der Waals surface area contributed by atoms with E-state index in [0.29, 0.717) is 12.0 Å². The highest BCUT2D eigenvalue weighted by Crippen LogP contribution is 2.23. The van der Waals surface area contributed by atoms with Crippen LogP contribution in [-0.2, 0) is 9.59 Å². The van der Waals surface area contributed by atoms with E-state index >= 15 is 0 Å². The van der Waals surface area contributed by atoms with Crippen molar-refractivity contribution in [1.82, 2.24) is 10.6 Å². The van der Waals surface area contributed by atoms with Crippen LogP contribution in [0.2, 0.25) is 0 Å². The summed E-state index contributed by atoms with van der Waals surface area (Å²) in [5, 5.41) is 13.1. The van der Waals surface area contributed by atoms with Crippen LogP contribution >= 0.6 is 0 Å². The maximum Gasteiger partial charge on any atom is 0.328 e. The topological polar surface area (TPSA) is 95.5 Å². The number of carbonyl (C=O) groups is 3. The third-order valence-corrected chi connectivity index (χ3v) is 2.89. The molecule has 2 unspecified atom stereocenters. The molecule has 1 aliphatic rings. The highest BCUT2D eigenvalue weighted by Gasteiger charge is 2.20. The molecule has 1 saturated carbocycles. The van der Waals surface area contributed by atoms with Gasteiger partial charge in [-0.2, -0.15) is 0 Å². The van der Waals surface area contributed by atoms with E-state index in [9.17, 15) is 14.4 Å². The van der Waals surface area contributed by atoms with Gasteiger partial charge in [-0.1, -0.05) is 19.8 Å². The maximum atomic E-state index is 11.4. The zero-order chi connectivity index (χ0) is 13.5. The van der Waals surface area contributed by atoms with Crippen LogP contribution < -0.4 is 10.6 Å². The van der Waals surface area contributed by atoms with Crippen molar-refractivity contribution in [3.63, 3.8) is 0 Å². The van der Waals surface area contributed by atoms with Crippen molar-refractivity contribution in [3.05, 3.63) is 12.2 Å². The molecular formula is C12H18N2O4. The van der Waals surface area contributed by atoms with Gasteiger partial charge >= 0.3 is 12.0 Å². The molecule has 0 aliphatic heterocycles. The predicted octanol–water partition coefficient (Wildman–Crippen LogP) is 1.03. The summed E-state index contributed by atoms with van der Waals surface area (Å²) >= 11 is 0. The van der Waals surface area contributed by atoms with E-state index in [0.717, 1.165) is 25.3 Å². The molecule has 100 valence electrons. The molecule has 6 nitrogen and oxygen atoms in total. The number of carbonyl (C=O) groups excluding carboxylic acids is 2. The van der Waals surface area contributed by atoms with E-state index in [1.54, 1.807) is 0 Å². The lowest BCUT2D eigenvalue weighted by Crippen LogP contribution is -2.45. The fourth-order valence-electron chi connectivity index (χ4n) is 2.09. The van der Waals surface area contributed by atoms with Crippen LogP contribution in [0.3, 0.4) is 0 Å². The summed E-state index contributed by atoms with van der Waals surface area (Å²) in [7, 11) is 0. The van der Waals surface area contributed by atoms with Gasteiger partial charge < -0.3 is 10.4 Å². The summed E-state index contributed by atoms with van der Waals surface area (Å²) in [4.78, 5) is 32.8. The number of amides is 3. The van der Waals surface area contributed by atoms with Crippen LogP contribution in [0.4, 0.5) is 4.79 Å². The molecule has 0 radical (unpaired) electrons. The minimum Gasteiger partial charge on any atom is -0.478 e. The van der Waals surface area contributed by atoms with Gasteiger partial charge in [0.1, 0.15) is 0 Å². The molecule has 0 saturated heterocycles. The second-order valence-corrected chi connectivity index (χ2v) is 4.60. The Kier molecular flexibility index (Phi) is 5.35. The number of rotatable bonds is 3. The first-order valence-corrected chi connectivity index (χ1v) is 6.00. The van der Waals surface area contributed by atoms with Gasteiger partial charge in [0.05, 0.1) is 0 Å². The van der Waals surface area contributed by atoms with Crippen LogP contribution in [0.5, 0.6) is 0 Å². The van der Waals surface area contributed by atoms with Crippen LogP contribution in [-0.4, -0.2) is 29.1 Å². The van der Waals surface area contributed by atoms with E-state index in [-0.39, 0.29) is 6.04 Å². The van der Waals surface area contributed by atoms with Crippen LogP contribution in [0.1, 0.15) is 32.6 Å². The van der Waals surface area contributed by atoms with Gasteiger partial charge in [0.25, 0.3) is 5.91 Å². The number of urea groups is 1. The lowest BCUT2D eigenvalue weighted by atomic mass is 9.87. The van der Waals surface area contributed by atoms with Crippen LogP contribution in [0, 0.1) is 5.92 Å². The number of hydrogen-bond donors (Lipinski definition) is 3. The average molecular weight is 254 g/mol. The van der Waals surface area contributed by atoms with Crippen molar-refractivity contribution < 1.29 is 19.5 Å². The first kappa shape index (κ1) is 14.2. The highest BCUT2D eigenvalue weighted by atomic mass is 16.4. The minimum absolute atomic E-state index is 0.0880. The molecule has 0 aromatic heterocycles. The Morgan fingerprint density at radius 2 is 1.94 bits per heavy atom. The number of imide groups is 1. The molecule has 0 heterocycles. The number of carboxylic acids is 1. The monoisotopic (exact) mass is 254 g/mol. The largest absolute Gasteiger partial charge is 0.478 e. The number of carboxylic acid groups (broad SMARTS) is 1. The van der Waals surface area contributed by atoms with Gasteiger partial charge in [0.2, 0.25) is 0 Å². The van der Waals surface area contributed by atoms with E-state index in [1.165, 1.54) is 6.42 Å². The second-order valence-electron chi connectivity index (χ2n) is 4.60. The molecule has 6 heteroatoms. The fraction of sp³-hybridized carbons (Fsp3) is 0.583. The lowest BCUT2D eigenvalue weighted by Gasteiger charge is -2.27. The van der Waals surface area contributed by atoms with E-state index in [2.05, 4.69) is 17.6 Å². The fourth-order valence-corrected chi connectivity index (χ4v) is 2.09. The summed E-state index contributed by atoms with van der Waals surface area (Å²) in [6, 6.07) is -0.487. The first-order valence-electron chi connectivity index (χ1n) is 6.00. The molecule has 2 atom stereocenters. The molecule has 3 amide bonds. The summed E-state index contributed by atoms with van der Waals surface area (Å²) in [6.45, 7) is 2.13. The summed E-state index contributed by atoms with van der Waals surface area (Å²) < 4.78 is 0. The number of hydrogen-bond acceptors (Lipinski definition) is 3. The van der Waals surface area contributed by atoms with Gasteiger partial charge in [-0.05, 0) is 18.8 Å². The Balaban J connectivity index is 2.32. The predicted molar refractivity (Wildman–Crippen MR) is 64.9 cm³/mol. The van der Waals surface area contributed by atoms with Crippen molar-refractivity contribution in [2.75, 3.05) is 0 Å². The van der Waals surface area contributed by atoms with Gasteiger partial charge in [-0.25, -0.2) is 9.59 Å². The van der Waals surface area contributed by atoms with Gasteiger partial charge in [-0.3, -0.25) is 10.1 Å². The summed E-state index contributed by atoms with van der Waals surface area (Å²) in [6.07, 6.45) is 5.55. The Hall–Kier alpha value is -1.85. The zero-order valence-corrected chi connectivity index (χ0v) is 10.3. The van der Waals surface area contributed by atoms with Crippen LogP contribution in [0.15, 0.2) is 12.2 Å². The van der Waals surface area contributed by atoms with Crippen LogP contribution in [0.25, 0.3) is 0 Å². The van der Waals surface area contributed by atoms with E-state index in [4.69, 9.17) is 5.11 Å². The molecule has 0 aromatic carbocycles. The highest BCUT2D eigenvalue weighted by molar-refractivity contribution is 6.02. The average Bonchev–Trinajstić information content (AvgIpc) is 2.26. The summed E-state index contributed by atoms with van der Waals surface area (Å²) in [5.74, 6) is -1.39. The van der Waals surface area contributed by atoms with Gasteiger partial charge in [-0.15, -0.1) is 0 Å². The van der Waals surface area contributed by atoms with Gasteiger partial charge in [0.15, 0.2) is 0 Å². The third kappa shape index (κ3) is 5.47. The van der Waals surface area contributed by atoms with Gasteiger partial charge in [0, 0.05) is 18.2 Å². The maximum absolute atomic E-state index is 11.4. The Bertz CT molecular complexity index is 365. The SMILES string of the molecule is CC1CCCC(NC(=O)NC(=O)/C=C/C(=O)O)C1. The van der Waals surface area contributed by atoms with E-state index < -0.39 is 17.9 Å². The minimum atomic E-state index is -1.23. The first-order chi connectivity index (χ1) is 8.47. The van der Waals surface area contributed by atoms with E-state index in [1.807, 2.05) is 0 Å². The normalized spacial score (nSPS) is 23.6. The quantitative estimate of drug-likeness (QED) is 0.655. The third-order valence-electron chi connectivity index (χ3n) is 2.89. The Morgan fingerprint density at radius 3 is 2.56 bits per heavy atom. The van der Waals surface area contributed by atoms with Crippen molar-refractivity contribution in [2.45, 2.75) is 38.6 Å². The molecule has 3 N–H and O–H groups in total. The Labute approximate surface area is 105 Å². The summed E-state index contributed by atoms with van der Waals surface area (Å²) in [5.41, 5.74) is 0. The second kappa shape index (κ2) is 6.78. The molecule has 0 aromatic rings. The molecule has 0 bridgehead atoms. The number of aliphatic carboxylic acids is 1. The van der Waals surface area contributed by atoms with Crippen molar-refractivity contribution >= 4 is 17.9 Å². The molecule has 1 fully saturated rings. The Morgan fingerprint density at radius 1 is 1.22 bits per heavy atom. The molecular weight excluding hydrogens is 236 g/mol.